The monoisotopic (exact) mass is 419 g/mol. The summed E-state index contributed by atoms with van der Waals surface area (Å²) in [7, 11) is -3.44. The Morgan fingerprint density at radius 3 is 2.56 bits per heavy atom. The molecule has 130 valence electrons. The van der Waals surface area contributed by atoms with Crippen molar-refractivity contribution in [1.29, 1.82) is 0 Å². The van der Waals surface area contributed by atoms with Gasteiger partial charge >= 0.3 is 0 Å². The van der Waals surface area contributed by atoms with Crippen LogP contribution in [0.2, 0.25) is 0 Å². The average Bonchev–Trinajstić information content (AvgIpc) is 3.06. The largest absolute Gasteiger partial charge is 0.342 e. The van der Waals surface area contributed by atoms with E-state index < -0.39 is 10.0 Å². The number of rotatable bonds is 3. The first-order chi connectivity index (χ1) is 12.0. The minimum atomic E-state index is -3.44. The summed E-state index contributed by atoms with van der Waals surface area (Å²) in [4.78, 5) is 8.37. The standard InChI is InChI=1S/C18H18BrN3O2S/c19-14-4-3-5-15(12-14)25(23,24)22-10-8-13(9-11-22)18-20-16-6-1-2-7-17(16)21-18/h1-7,12-13H,8-11H2,(H,20,21). The lowest BCUT2D eigenvalue weighted by molar-refractivity contribution is 0.314. The number of hydrogen-bond donors (Lipinski definition) is 1. The van der Waals surface area contributed by atoms with E-state index in [0.29, 0.717) is 18.0 Å². The highest BCUT2D eigenvalue weighted by Crippen LogP contribution is 2.30. The Balaban J connectivity index is 1.51. The van der Waals surface area contributed by atoms with Gasteiger partial charge in [0, 0.05) is 23.5 Å². The smallest absolute Gasteiger partial charge is 0.243 e. The second-order valence-corrected chi connectivity index (χ2v) is 9.13. The summed E-state index contributed by atoms with van der Waals surface area (Å²) in [6.07, 6.45) is 1.54. The van der Waals surface area contributed by atoms with Gasteiger partial charge in [0.2, 0.25) is 10.0 Å². The Labute approximate surface area is 155 Å². The second kappa shape index (κ2) is 6.55. The number of piperidine rings is 1. The number of imidazole rings is 1. The highest BCUT2D eigenvalue weighted by Gasteiger charge is 2.31. The third-order valence-corrected chi connectivity index (χ3v) is 7.07. The van der Waals surface area contributed by atoms with Crippen molar-refractivity contribution in [2.45, 2.75) is 23.7 Å². The van der Waals surface area contributed by atoms with E-state index in [1.165, 1.54) is 0 Å². The van der Waals surface area contributed by atoms with Gasteiger partial charge in [0.15, 0.2) is 0 Å². The van der Waals surface area contributed by atoms with Gasteiger partial charge in [0.25, 0.3) is 0 Å². The molecule has 1 aliphatic rings. The minimum absolute atomic E-state index is 0.265. The summed E-state index contributed by atoms with van der Waals surface area (Å²) < 4.78 is 28.0. The number of nitrogens with one attached hydrogen (secondary N) is 1. The third-order valence-electron chi connectivity index (χ3n) is 4.68. The Hall–Kier alpha value is -1.70. The molecule has 2 heterocycles. The van der Waals surface area contributed by atoms with Crippen LogP contribution in [0.25, 0.3) is 11.0 Å². The summed E-state index contributed by atoms with van der Waals surface area (Å²) in [5, 5.41) is 0. The first-order valence-corrected chi connectivity index (χ1v) is 10.5. The van der Waals surface area contributed by atoms with Crippen molar-refractivity contribution in [2.24, 2.45) is 0 Å². The lowest BCUT2D eigenvalue weighted by Crippen LogP contribution is -2.38. The number of halogens is 1. The molecule has 5 nitrogen and oxygen atoms in total. The SMILES string of the molecule is O=S(=O)(c1cccc(Br)c1)N1CCC(c2nc3ccccc3[nH]2)CC1. The van der Waals surface area contributed by atoms with Crippen LogP contribution in [0.15, 0.2) is 57.9 Å². The molecule has 1 aliphatic heterocycles. The molecule has 0 aliphatic carbocycles. The number of aromatic nitrogens is 2. The number of benzene rings is 2. The summed E-state index contributed by atoms with van der Waals surface area (Å²) in [5.74, 6) is 1.22. The fraction of sp³-hybridized carbons (Fsp3) is 0.278. The Morgan fingerprint density at radius 2 is 1.84 bits per heavy atom. The Morgan fingerprint density at radius 1 is 1.08 bits per heavy atom. The molecule has 0 saturated carbocycles. The van der Waals surface area contributed by atoms with Gasteiger partial charge in [-0.25, -0.2) is 13.4 Å². The van der Waals surface area contributed by atoms with E-state index in [0.717, 1.165) is 34.2 Å². The van der Waals surface area contributed by atoms with E-state index in [9.17, 15) is 8.42 Å². The zero-order valence-electron chi connectivity index (χ0n) is 13.5. The maximum Gasteiger partial charge on any atom is 0.243 e. The van der Waals surface area contributed by atoms with E-state index in [2.05, 4.69) is 25.9 Å². The highest BCUT2D eigenvalue weighted by atomic mass is 79.9. The molecule has 0 atom stereocenters. The molecule has 1 saturated heterocycles. The summed E-state index contributed by atoms with van der Waals surface area (Å²) >= 11 is 3.34. The molecule has 0 spiro atoms. The molecule has 0 radical (unpaired) electrons. The van der Waals surface area contributed by atoms with Crippen molar-refractivity contribution >= 4 is 37.0 Å². The van der Waals surface area contributed by atoms with Gasteiger partial charge in [-0.3, -0.25) is 0 Å². The van der Waals surface area contributed by atoms with Crippen LogP contribution in [-0.4, -0.2) is 35.8 Å². The van der Waals surface area contributed by atoms with Crippen LogP contribution < -0.4 is 0 Å². The highest BCUT2D eigenvalue weighted by molar-refractivity contribution is 9.10. The molecule has 25 heavy (non-hydrogen) atoms. The fourth-order valence-electron chi connectivity index (χ4n) is 3.31. The summed E-state index contributed by atoms with van der Waals surface area (Å²) in [6.45, 7) is 1.02. The average molecular weight is 420 g/mol. The predicted molar refractivity (Wildman–Crippen MR) is 101 cm³/mol. The van der Waals surface area contributed by atoms with Crippen LogP contribution in [0.5, 0.6) is 0 Å². The van der Waals surface area contributed by atoms with Crippen LogP contribution in [0.4, 0.5) is 0 Å². The maximum absolute atomic E-state index is 12.8. The normalized spacial score (nSPS) is 17.2. The second-order valence-electron chi connectivity index (χ2n) is 6.27. The number of hydrogen-bond acceptors (Lipinski definition) is 3. The van der Waals surface area contributed by atoms with Gasteiger partial charge in [-0.1, -0.05) is 34.1 Å². The van der Waals surface area contributed by atoms with E-state index in [4.69, 9.17) is 0 Å². The number of fused-ring (bicyclic) bond motifs is 1. The van der Waals surface area contributed by atoms with Gasteiger partial charge in [-0.15, -0.1) is 0 Å². The van der Waals surface area contributed by atoms with E-state index >= 15 is 0 Å². The molecule has 0 amide bonds. The molecular formula is C18H18BrN3O2S. The van der Waals surface area contributed by atoms with Crippen LogP contribution in [-0.2, 0) is 10.0 Å². The first-order valence-electron chi connectivity index (χ1n) is 8.24. The lowest BCUT2D eigenvalue weighted by Gasteiger charge is -2.30. The summed E-state index contributed by atoms with van der Waals surface area (Å²) in [5.41, 5.74) is 1.99. The van der Waals surface area contributed by atoms with Gasteiger partial charge in [0.05, 0.1) is 15.9 Å². The van der Waals surface area contributed by atoms with Crippen LogP contribution >= 0.6 is 15.9 Å². The van der Waals surface area contributed by atoms with E-state index in [1.54, 1.807) is 22.5 Å². The number of para-hydroxylation sites is 2. The third kappa shape index (κ3) is 3.23. The number of nitrogens with zero attached hydrogens (tertiary/aromatic N) is 2. The van der Waals surface area contributed by atoms with E-state index in [-0.39, 0.29) is 5.92 Å². The number of aromatic amines is 1. The van der Waals surface area contributed by atoms with Crippen molar-refractivity contribution in [3.8, 4) is 0 Å². The van der Waals surface area contributed by atoms with Gasteiger partial charge in [-0.05, 0) is 43.2 Å². The van der Waals surface area contributed by atoms with Gasteiger partial charge in [0.1, 0.15) is 5.82 Å². The van der Waals surface area contributed by atoms with Crippen molar-refractivity contribution in [3.05, 3.63) is 58.8 Å². The van der Waals surface area contributed by atoms with Gasteiger partial charge in [-0.2, -0.15) is 4.31 Å². The molecule has 1 aromatic heterocycles. The topological polar surface area (TPSA) is 66.1 Å². The number of sulfonamides is 1. The summed E-state index contributed by atoms with van der Waals surface area (Å²) in [6, 6.07) is 14.8. The lowest BCUT2D eigenvalue weighted by atomic mass is 9.97. The molecule has 7 heteroatoms. The van der Waals surface area contributed by atoms with Crippen LogP contribution in [0.1, 0.15) is 24.6 Å². The van der Waals surface area contributed by atoms with Crippen molar-refractivity contribution < 1.29 is 8.42 Å². The molecule has 4 rings (SSSR count). The Bertz CT molecular complexity index is 975. The molecule has 2 aromatic carbocycles. The van der Waals surface area contributed by atoms with Crippen molar-refractivity contribution in [1.82, 2.24) is 14.3 Å². The van der Waals surface area contributed by atoms with Crippen molar-refractivity contribution in [3.63, 3.8) is 0 Å². The quantitative estimate of drug-likeness (QED) is 0.699. The number of H-pyrrole nitrogens is 1. The molecule has 0 bridgehead atoms. The van der Waals surface area contributed by atoms with Crippen molar-refractivity contribution in [2.75, 3.05) is 13.1 Å². The van der Waals surface area contributed by atoms with E-state index in [1.807, 2.05) is 30.3 Å². The molecule has 0 unspecified atom stereocenters. The Kier molecular flexibility index (Phi) is 4.39. The van der Waals surface area contributed by atoms with Crippen LogP contribution in [0.3, 0.4) is 0 Å². The minimum Gasteiger partial charge on any atom is -0.342 e. The fourth-order valence-corrected chi connectivity index (χ4v) is 5.38. The first kappa shape index (κ1) is 16.8. The van der Waals surface area contributed by atoms with Crippen LogP contribution in [0, 0.1) is 0 Å². The molecule has 1 fully saturated rings. The molecular weight excluding hydrogens is 402 g/mol. The maximum atomic E-state index is 12.8. The zero-order valence-corrected chi connectivity index (χ0v) is 15.9. The molecule has 1 N–H and O–H groups in total. The predicted octanol–water partition coefficient (Wildman–Crippen LogP) is 3.89. The zero-order chi connectivity index (χ0) is 17.4. The molecule has 3 aromatic rings. The van der Waals surface area contributed by atoms with Gasteiger partial charge < -0.3 is 4.98 Å².